The van der Waals surface area contributed by atoms with E-state index in [0.717, 1.165) is 23.8 Å². The molecular weight excluding hydrogens is 345 g/mol. The summed E-state index contributed by atoms with van der Waals surface area (Å²) in [5, 5.41) is 0. The van der Waals surface area contributed by atoms with Crippen LogP contribution in [0.25, 0.3) is 0 Å². The maximum atomic E-state index is 12.6. The van der Waals surface area contributed by atoms with Gasteiger partial charge in [-0.3, -0.25) is 10.2 Å². The van der Waals surface area contributed by atoms with Gasteiger partial charge in [0, 0.05) is 5.56 Å². The van der Waals surface area contributed by atoms with Crippen molar-refractivity contribution in [2.45, 2.75) is 18.0 Å². The molecule has 0 heterocycles. The molecule has 0 bridgehead atoms. The molecule has 0 unspecified atom stereocenters. The number of benzene rings is 2. The summed E-state index contributed by atoms with van der Waals surface area (Å²) in [7, 11) is -4.34. The number of sulfonamides is 1. The van der Waals surface area contributed by atoms with Crippen molar-refractivity contribution < 1.29 is 26.4 Å². The van der Waals surface area contributed by atoms with Crippen molar-refractivity contribution in [2.75, 3.05) is 0 Å². The maximum Gasteiger partial charge on any atom is 0.416 e. The van der Waals surface area contributed by atoms with Gasteiger partial charge in [-0.2, -0.15) is 13.2 Å². The van der Waals surface area contributed by atoms with Gasteiger partial charge >= 0.3 is 6.18 Å². The molecule has 0 aliphatic carbocycles. The number of alkyl halides is 3. The van der Waals surface area contributed by atoms with Gasteiger partial charge in [0.2, 0.25) is 0 Å². The molecule has 0 radical (unpaired) electrons. The third-order valence-corrected chi connectivity index (χ3v) is 4.33. The molecule has 9 heteroatoms. The van der Waals surface area contributed by atoms with Crippen LogP contribution in [0.15, 0.2) is 53.4 Å². The summed E-state index contributed by atoms with van der Waals surface area (Å²) >= 11 is 0. The van der Waals surface area contributed by atoms with Crippen molar-refractivity contribution in [1.82, 2.24) is 10.3 Å². The zero-order valence-electron chi connectivity index (χ0n) is 12.4. The number of carbonyl (C=O) groups excluding carboxylic acids is 1. The number of nitrogens with one attached hydrogen (secondary N) is 2. The molecule has 0 fully saturated rings. The second kappa shape index (κ2) is 6.62. The maximum absolute atomic E-state index is 12.6. The van der Waals surface area contributed by atoms with Crippen molar-refractivity contribution in [3.8, 4) is 0 Å². The highest BCUT2D eigenvalue weighted by Gasteiger charge is 2.31. The smallest absolute Gasteiger partial charge is 0.273 e. The van der Waals surface area contributed by atoms with Crippen molar-refractivity contribution in [3.63, 3.8) is 0 Å². The Bertz CT molecular complexity index is 847. The Balaban J connectivity index is 2.14. The number of rotatable bonds is 4. The van der Waals surface area contributed by atoms with E-state index in [0.29, 0.717) is 6.07 Å². The topological polar surface area (TPSA) is 75.3 Å². The number of hydrogen-bond acceptors (Lipinski definition) is 3. The van der Waals surface area contributed by atoms with E-state index in [-0.39, 0.29) is 5.56 Å². The van der Waals surface area contributed by atoms with Crippen LogP contribution in [0.5, 0.6) is 0 Å². The van der Waals surface area contributed by atoms with E-state index in [9.17, 15) is 26.4 Å². The minimum Gasteiger partial charge on any atom is -0.273 e. The van der Waals surface area contributed by atoms with E-state index < -0.39 is 32.6 Å². The first-order valence-electron chi connectivity index (χ1n) is 6.66. The Morgan fingerprint density at radius 1 is 1.04 bits per heavy atom. The lowest BCUT2D eigenvalue weighted by Crippen LogP contribution is -2.41. The second-order valence-electron chi connectivity index (χ2n) is 4.95. The molecule has 0 aromatic heterocycles. The standard InChI is InChI=1S/C15H13F3N2O3S/c1-10-5-7-11(8-6-10)14(21)19-20-24(22,23)13-4-2-3-12(9-13)15(16,17)18/h2-9,20H,1H3,(H,19,21). The van der Waals surface area contributed by atoms with Crippen molar-refractivity contribution in [2.24, 2.45) is 0 Å². The average molecular weight is 358 g/mol. The van der Waals surface area contributed by atoms with Crippen LogP contribution < -0.4 is 10.3 Å². The van der Waals surface area contributed by atoms with Gasteiger partial charge in [-0.1, -0.05) is 23.8 Å². The Kier molecular flexibility index (Phi) is 4.95. The largest absolute Gasteiger partial charge is 0.416 e. The lowest BCUT2D eigenvalue weighted by Gasteiger charge is -2.11. The minimum atomic E-state index is -4.67. The van der Waals surface area contributed by atoms with Crippen LogP contribution >= 0.6 is 0 Å². The lowest BCUT2D eigenvalue weighted by molar-refractivity contribution is -0.137. The van der Waals surface area contributed by atoms with Crippen LogP contribution in [0.4, 0.5) is 13.2 Å². The Hall–Kier alpha value is -2.39. The molecule has 2 rings (SSSR count). The van der Waals surface area contributed by atoms with Crippen LogP contribution in [0.2, 0.25) is 0 Å². The molecule has 1 amide bonds. The number of hydrazine groups is 1. The van der Waals surface area contributed by atoms with Crippen LogP contribution in [0, 0.1) is 6.92 Å². The quantitative estimate of drug-likeness (QED) is 0.825. The van der Waals surface area contributed by atoms with Gasteiger partial charge in [0.15, 0.2) is 0 Å². The molecule has 0 saturated heterocycles. The van der Waals surface area contributed by atoms with Crippen LogP contribution in [0.3, 0.4) is 0 Å². The lowest BCUT2D eigenvalue weighted by atomic mass is 10.1. The fourth-order valence-corrected chi connectivity index (χ4v) is 2.67. The van der Waals surface area contributed by atoms with E-state index in [1.165, 1.54) is 12.1 Å². The van der Waals surface area contributed by atoms with Gasteiger partial charge in [-0.15, -0.1) is 4.83 Å². The second-order valence-corrected chi connectivity index (χ2v) is 6.63. The van der Waals surface area contributed by atoms with Gasteiger partial charge in [0.05, 0.1) is 10.5 Å². The summed E-state index contributed by atoms with van der Waals surface area (Å²) in [4.78, 5) is 13.0. The summed E-state index contributed by atoms with van der Waals surface area (Å²) in [6.07, 6.45) is -4.67. The normalized spacial score (nSPS) is 12.0. The molecule has 0 aliphatic rings. The van der Waals surface area contributed by atoms with E-state index in [4.69, 9.17) is 0 Å². The zero-order valence-corrected chi connectivity index (χ0v) is 13.2. The highest BCUT2D eigenvalue weighted by atomic mass is 32.2. The van der Waals surface area contributed by atoms with Gasteiger partial charge < -0.3 is 0 Å². The fourth-order valence-electron chi connectivity index (χ4n) is 1.79. The monoisotopic (exact) mass is 358 g/mol. The van der Waals surface area contributed by atoms with Gasteiger partial charge in [-0.25, -0.2) is 8.42 Å². The Labute approximate surface area is 136 Å². The molecule has 5 nitrogen and oxygen atoms in total. The van der Waals surface area contributed by atoms with E-state index in [1.54, 1.807) is 17.0 Å². The molecule has 0 atom stereocenters. The molecule has 128 valence electrons. The number of amides is 1. The fraction of sp³-hybridized carbons (Fsp3) is 0.133. The Morgan fingerprint density at radius 2 is 1.67 bits per heavy atom. The summed E-state index contributed by atoms with van der Waals surface area (Å²) in [5.74, 6) is -0.731. The predicted molar refractivity (Wildman–Crippen MR) is 80.4 cm³/mol. The van der Waals surface area contributed by atoms with Crippen LogP contribution in [0.1, 0.15) is 21.5 Å². The van der Waals surface area contributed by atoms with Crippen molar-refractivity contribution in [3.05, 3.63) is 65.2 Å². The third-order valence-electron chi connectivity index (χ3n) is 3.08. The first kappa shape index (κ1) is 18.0. The number of hydrogen-bond donors (Lipinski definition) is 2. The number of aryl methyl sites for hydroxylation is 1. The molecule has 0 spiro atoms. The Morgan fingerprint density at radius 3 is 2.25 bits per heavy atom. The molecule has 0 saturated carbocycles. The SMILES string of the molecule is Cc1ccc(C(=O)NNS(=O)(=O)c2cccc(C(F)(F)F)c2)cc1. The highest BCUT2D eigenvalue weighted by molar-refractivity contribution is 7.89. The summed E-state index contributed by atoms with van der Waals surface area (Å²) < 4.78 is 61.9. The van der Waals surface area contributed by atoms with E-state index in [1.807, 2.05) is 12.3 Å². The van der Waals surface area contributed by atoms with Crippen LogP contribution in [-0.4, -0.2) is 14.3 Å². The van der Waals surface area contributed by atoms with Crippen molar-refractivity contribution in [1.29, 1.82) is 0 Å². The van der Waals surface area contributed by atoms with Crippen LogP contribution in [-0.2, 0) is 16.2 Å². The summed E-state index contributed by atoms with van der Waals surface area (Å²) in [6.45, 7) is 1.82. The first-order valence-corrected chi connectivity index (χ1v) is 8.14. The van der Waals surface area contributed by atoms with Crippen molar-refractivity contribution >= 4 is 15.9 Å². The molecule has 24 heavy (non-hydrogen) atoms. The predicted octanol–water partition coefficient (Wildman–Crippen LogP) is 2.64. The molecule has 2 aromatic carbocycles. The van der Waals surface area contributed by atoms with Gasteiger partial charge in [-0.05, 0) is 37.3 Å². The van der Waals surface area contributed by atoms with E-state index >= 15 is 0 Å². The van der Waals surface area contributed by atoms with Gasteiger partial charge in [0.25, 0.3) is 15.9 Å². The molecule has 2 aromatic rings. The van der Waals surface area contributed by atoms with Gasteiger partial charge in [0.1, 0.15) is 0 Å². The first-order chi connectivity index (χ1) is 11.1. The summed E-state index contributed by atoms with van der Waals surface area (Å²) in [6, 6.07) is 9.51. The number of carbonyl (C=O) groups is 1. The molecule has 2 N–H and O–H groups in total. The highest BCUT2D eigenvalue weighted by Crippen LogP contribution is 2.30. The average Bonchev–Trinajstić information content (AvgIpc) is 2.53. The summed E-state index contributed by atoms with van der Waals surface area (Å²) in [5.41, 5.74) is 1.97. The minimum absolute atomic E-state index is 0.201. The molecule has 0 aliphatic heterocycles. The zero-order chi connectivity index (χ0) is 18.0. The molecular formula is C15H13F3N2O3S. The third kappa shape index (κ3) is 4.33. The number of halogens is 3. The van der Waals surface area contributed by atoms with E-state index in [2.05, 4.69) is 0 Å².